The molecular weight excluding hydrogens is 264 g/mol. The molecule has 1 N–H and O–H groups in total. The summed E-state index contributed by atoms with van der Waals surface area (Å²) in [7, 11) is 1.70. The van der Waals surface area contributed by atoms with Crippen LogP contribution in [0.5, 0.6) is 5.75 Å². The minimum Gasteiger partial charge on any atom is -0.496 e. The quantitative estimate of drug-likeness (QED) is 0.917. The molecular formula is C16H22N4O. The van der Waals surface area contributed by atoms with Crippen LogP contribution in [0.2, 0.25) is 0 Å². The van der Waals surface area contributed by atoms with E-state index >= 15 is 0 Å². The predicted octanol–water partition coefficient (Wildman–Crippen LogP) is 2.39. The van der Waals surface area contributed by atoms with Crippen molar-refractivity contribution in [2.45, 2.75) is 45.8 Å². The first-order valence-corrected chi connectivity index (χ1v) is 7.48. The summed E-state index contributed by atoms with van der Waals surface area (Å²) < 4.78 is 7.54. The van der Waals surface area contributed by atoms with E-state index in [0.717, 1.165) is 42.5 Å². The number of aromatic nitrogens is 3. The van der Waals surface area contributed by atoms with Gasteiger partial charge in [0, 0.05) is 19.5 Å². The highest BCUT2D eigenvalue weighted by Gasteiger charge is 2.20. The molecule has 5 nitrogen and oxygen atoms in total. The lowest BCUT2D eigenvalue weighted by molar-refractivity contribution is 0.411. The summed E-state index contributed by atoms with van der Waals surface area (Å²) in [6.45, 7) is 6.07. The van der Waals surface area contributed by atoms with Crippen LogP contribution >= 0.6 is 0 Å². The van der Waals surface area contributed by atoms with Crippen molar-refractivity contribution in [3.05, 3.63) is 41.0 Å². The molecule has 0 saturated heterocycles. The summed E-state index contributed by atoms with van der Waals surface area (Å²) in [5.74, 6) is 3.11. The molecule has 0 fully saturated rings. The molecule has 2 aromatic rings. The van der Waals surface area contributed by atoms with E-state index in [1.165, 1.54) is 12.0 Å². The minimum atomic E-state index is 0.201. The number of aryl methyl sites for hydroxylation is 2. The minimum absolute atomic E-state index is 0.201. The first-order chi connectivity index (χ1) is 10.2. The van der Waals surface area contributed by atoms with Crippen molar-refractivity contribution in [2.24, 2.45) is 0 Å². The van der Waals surface area contributed by atoms with Crippen LogP contribution in [-0.4, -0.2) is 21.9 Å². The number of nitrogens with zero attached hydrogens (tertiary/aromatic N) is 3. The van der Waals surface area contributed by atoms with Crippen LogP contribution in [0.15, 0.2) is 18.2 Å². The van der Waals surface area contributed by atoms with E-state index in [9.17, 15) is 0 Å². The van der Waals surface area contributed by atoms with Gasteiger partial charge < -0.3 is 14.6 Å². The fourth-order valence-corrected chi connectivity index (χ4v) is 2.91. The third-order valence-electron chi connectivity index (χ3n) is 4.10. The van der Waals surface area contributed by atoms with Gasteiger partial charge in [0.05, 0.1) is 13.2 Å². The Balaban J connectivity index is 1.65. The molecule has 0 amide bonds. The molecule has 0 spiro atoms. The average Bonchev–Trinajstić information content (AvgIpc) is 3.07. The lowest BCUT2D eigenvalue weighted by atomic mass is 10.1. The van der Waals surface area contributed by atoms with Crippen LogP contribution in [0, 0.1) is 6.92 Å². The van der Waals surface area contributed by atoms with E-state index in [4.69, 9.17) is 4.74 Å². The molecule has 1 atom stereocenters. The van der Waals surface area contributed by atoms with Crippen LogP contribution in [-0.2, 0) is 19.5 Å². The molecule has 1 aromatic heterocycles. The lowest BCUT2D eigenvalue weighted by Crippen LogP contribution is -2.21. The Hall–Kier alpha value is -1.88. The van der Waals surface area contributed by atoms with Crippen LogP contribution in [0.4, 0.5) is 0 Å². The van der Waals surface area contributed by atoms with Crippen LogP contribution in [0.25, 0.3) is 0 Å². The highest BCUT2D eigenvalue weighted by Crippen LogP contribution is 2.21. The summed E-state index contributed by atoms with van der Waals surface area (Å²) in [6, 6.07) is 6.48. The standard InChI is InChI=1S/C16H22N4O/c1-11-9-13(6-7-14(11)21-3)10-17-12(2)16-19-18-15-5-4-8-20(15)16/h6-7,9,12,17H,4-5,8,10H2,1-3H3/t12-/m0/s1. The van der Waals surface area contributed by atoms with Gasteiger partial charge >= 0.3 is 0 Å². The molecule has 112 valence electrons. The summed E-state index contributed by atoms with van der Waals surface area (Å²) in [5, 5.41) is 12.1. The van der Waals surface area contributed by atoms with E-state index in [0.29, 0.717) is 0 Å². The normalized spacial score (nSPS) is 15.0. The van der Waals surface area contributed by atoms with Gasteiger partial charge in [0.2, 0.25) is 0 Å². The largest absolute Gasteiger partial charge is 0.496 e. The van der Waals surface area contributed by atoms with Crippen molar-refractivity contribution in [1.82, 2.24) is 20.1 Å². The second-order valence-electron chi connectivity index (χ2n) is 5.64. The Morgan fingerprint density at radius 3 is 3.00 bits per heavy atom. The number of benzene rings is 1. The third-order valence-corrected chi connectivity index (χ3v) is 4.10. The summed E-state index contributed by atoms with van der Waals surface area (Å²) in [4.78, 5) is 0. The highest BCUT2D eigenvalue weighted by molar-refractivity contribution is 5.36. The SMILES string of the molecule is COc1ccc(CN[C@@H](C)c2nnc3n2CCC3)cc1C. The van der Waals surface area contributed by atoms with Gasteiger partial charge in [-0.1, -0.05) is 12.1 Å². The van der Waals surface area contributed by atoms with E-state index in [-0.39, 0.29) is 6.04 Å². The number of rotatable bonds is 5. The second kappa shape index (κ2) is 5.85. The smallest absolute Gasteiger partial charge is 0.149 e. The van der Waals surface area contributed by atoms with E-state index in [1.807, 2.05) is 6.07 Å². The molecule has 1 aromatic carbocycles. The second-order valence-corrected chi connectivity index (χ2v) is 5.64. The zero-order valence-electron chi connectivity index (χ0n) is 12.9. The van der Waals surface area contributed by atoms with Crippen LogP contribution in [0.1, 0.15) is 42.2 Å². The Bertz CT molecular complexity index is 635. The van der Waals surface area contributed by atoms with E-state index < -0.39 is 0 Å². The van der Waals surface area contributed by atoms with Gasteiger partial charge in [-0.05, 0) is 37.5 Å². The molecule has 3 rings (SSSR count). The van der Waals surface area contributed by atoms with E-state index in [1.54, 1.807) is 7.11 Å². The number of hydrogen-bond donors (Lipinski definition) is 1. The van der Waals surface area contributed by atoms with Crippen molar-refractivity contribution in [3.8, 4) is 5.75 Å². The molecule has 21 heavy (non-hydrogen) atoms. The van der Waals surface area contributed by atoms with Crippen molar-refractivity contribution in [1.29, 1.82) is 0 Å². The fourth-order valence-electron chi connectivity index (χ4n) is 2.91. The van der Waals surface area contributed by atoms with Gasteiger partial charge in [-0.15, -0.1) is 10.2 Å². The Morgan fingerprint density at radius 2 is 2.24 bits per heavy atom. The van der Waals surface area contributed by atoms with Gasteiger partial charge in [0.25, 0.3) is 0 Å². The predicted molar refractivity (Wildman–Crippen MR) is 81.3 cm³/mol. The summed E-state index contributed by atoms with van der Waals surface area (Å²) >= 11 is 0. The Kier molecular flexibility index (Phi) is 3.92. The van der Waals surface area contributed by atoms with Gasteiger partial charge in [-0.25, -0.2) is 0 Å². The Morgan fingerprint density at radius 1 is 1.38 bits per heavy atom. The molecule has 0 bridgehead atoms. The highest BCUT2D eigenvalue weighted by atomic mass is 16.5. The van der Waals surface area contributed by atoms with Crippen molar-refractivity contribution >= 4 is 0 Å². The topological polar surface area (TPSA) is 52.0 Å². The van der Waals surface area contributed by atoms with Crippen molar-refractivity contribution < 1.29 is 4.74 Å². The number of hydrogen-bond acceptors (Lipinski definition) is 4. The zero-order valence-corrected chi connectivity index (χ0v) is 12.9. The Labute approximate surface area is 125 Å². The summed E-state index contributed by atoms with van der Waals surface area (Å²) in [6.07, 6.45) is 2.24. The number of ether oxygens (including phenoxy) is 1. The van der Waals surface area contributed by atoms with Crippen molar-refractivity contribution in [2.75, 3.05) is 7.11 Å². The number of nitrogens with one attached hydrogen (secondary N) is 1. The van der Waals surface area contributed by atoms with Gasteiger partial charge in [-0.3, -0.25) is 0 Å². The number of fused-ring (bicyclic) bond motifs is 1. The van der Waals surface area contributed by atoms with E-state index in [2.05, 4.69) is 46.1 Å². The van der Waals surface area contributed by atoms with Gasteiger partial charge in [0.1, 0.15) is 17.4 Å². The number of methoxy groups -OCH3 is 1. The molecule has 0 saturated carbocycles. The maximum Gasteiger partial charge on any atom is 0.149 e. The van der Waals surface area contributed by atoms with Gasteiger partial charge in [-0.2, -0.15) is 0 Å². The van der Waals surface area contributed by atoms with Crippen molar-refractivity contribution in [3.63, 3.8) is 0 Å². The molecule has 0 unspecified atom stereocenters. The molecule has 0 radical (unpaired) electrons. The average molecular weight is 286 g/mol. The molecule has 1 aliphatic rings. The lowest BCUT2D eigenvalue weighted by Gasteiger charge is -2.14. The molecule has 5 heteroatoms. The maximum absolute atomic E-state index is 5.29. The molecule has 1 aliphatic heterocycles. The first kappa shape index (κ1) is 14.1. The summed E-state index contributed by atoms with van der Waals surface area (Å²) in [5.41, 5.74) is 2.41. The fraction of sp³-hybridized carbons (Fsp3) is 0.500. The van der Waals surface area contributed by atoms with Gasteiger partial charge in [0.15, 0.2) is 0 Å². The maximum atomic E-state index is 5.29. The van der Waals surface area contributed by atoms with Crippen LogP contribution in [0.3, 0.4) is 0 Å². The third kappa shape index (κ3) is 2.78. The zero-order chi connectivity index (χ0) is 14.8. The monoisotopic (exact) mass is 286 g/mol. The van der Waals surface area contributed by atoms with Crippen LogP contribution < -0.4 is 10.1 Å². The molecule has 2 heterocycles. The molecule has 0 aliphatic carbocycles. The first-order valence-electron chi connectivity index (χ1n) is 7.48.